The molecule has 0 aliphatic carbocycles. The van der Waals surface area contributed by atoms with Gasteiger partial charge in [-0.15, -0.1) is 0 Å². The van der Waals surface area contributed by atoms with Gasteiger partial charge in [0.15, 0.2) is 0 Å². The number of aliphatic carboxylic acids is 1. The molecule has 2 unspecified atom stereocenters. The second-order valence-corrected chi connectivity index (χ2v) is 4.23. The van der Waals surface area contributed by atoms with Crippen LogP contribution in [0.4, 0.5) is 0 Å². The highest BCUT2D eigenvalue weighted by Gasteiger charge is 2.24. The number of nitrogens with zero attached hydrogens (tertiary/aromatic N) is 1. The van der Waals surface area contributed by atoms with Crippen molar-refractivity contribution >= 4 is 5.97 Å². The fraction of sp³-hybridized carbons (Fsp3) is 0.900. The molecule has 0 saturated carbocycles. The molecule has 0 heterocycles. The first-order chi connectivity index (χ1) is 6.40. The van der Waals surface area contributed by atoms with Crippen molar-refractivity contribution in [1.29, 1.82) is 0 Å². The third-order valence-corrected chi connectivity index (χ3v) is 2.51. The Morgan fingerprint density at radius 3 is 2.21 bits per heavy atom. The minimum atomic E-state index is -0.842. The molecule has 4 heteroatoms. The van der Waals surface area contributed by atoms with Crippen molar-refractivity contribution in [2.45, 2.75) is 39.3 Å². The predicted molar refractivity (Wildman–Crippen MR) is 57.2 cm³/mol. The molecule has 2 atom stereocenters. The van der Waals surface area contributed by atoms with Crippen LogP contribution in [0, 0.1) is 5.92 Å². The minimum Gasteiger partial charge on any atom is -0.480 e. The van der Waals surface area contributed by atoms with E-state index in [0.717, 1.165) is 6.42 Å². The van der Waals surface area contributed by atoms with Gasteiger partial charge in [0, 0.05) is 12.6 Å². The van der Waals surface area contributed by atoms with Crippen molar-refractivity contribution in [1.82, 2.24) is 4.90 Å². The summed E-state index contributed by atoms with van der Waals surface area (Å²) in [6.45, 7) is 6.45. The van der Waals surface area contributed by atoms with E-state index in [9.17, 15) is 4.79 Å². The van der Waals surface area contributed by atoms with Crippen molar-refractivity contribution in [2.24, 2.45) is 11.7 Å². The first kappa shape index (κ1) is 13.4. The molecule has 0 saturated heterocycles. The van der Waals surface area contributed by atoms with Gasteiger partial charge in [-0.3, -0.25) is 9.69 Å². The third kappa shape index (κ3) is 4.07. The SMILES string of the molecule is CC(C)CC(C)N(C)C(CN)C(=O)O. The van der Waals surface area contributed by atoms with Crippen molar-refractivity contribution in [3.8, 4) is 0 Å². The second kappa shape index (κ2) is 5.98. The van der Waals surface area contributed by atoms with E-state index in [1.165, 1.54) is 0 Å². The van der Waals surface area contributed by atoms with Gasteiger partial charge >= 0.3 is 5.97 Å². The van der Waals surface area contributed by atoms with Crippen molar-refractivity contribution < 1.29 is 9.90 Å². The zero-order valence-corrected chi connectivity index (χ0v) is 9.53. The quantitative estimate of drug-likeness (QED) is 0.667. The Morgan fingerprint density at radius 2 is 1.93 bits per heavy atom. The van der Waals surface area contributed by atoms with E-state index in [0.29, 0.717) is 5.92 Å². The van der Waals surface area contributed by atoms with E-state index in [1.54, 1.807) is 0 Å². The summed E-state index contributed by atoms with van der Waals surface area (Å²) in [5.41, 5.74) is 5.42. The zero-order valence-electron chi connectivity index (χ0n) is 9.53. The van der Waals surface area contributed by atoms with Crippen LogP contribution in [0.1, 0.15) is 27.2 Å². The molecule has 0 aliphatic heterocycles. The molecule has 4 nitrogen and oxygen atoms in total. The molecule has 0 aliphatic rings. The summed E-state index contributed by atoms with van der Waals surface area (Å²) in [5, 5.41) is 8.91. The number of carboxylic acid groups (broad SMARTS) is 1. The molecule has 0 spiro atoms. The standard InChI is InChI=1S/C10H22N2O2/c1-7(2)5-8(3)12(4)9(6-11)10(13)14/h7-9H,5-6,11H2,1-4H3,(H,13,14). The average molecular weight is 202 g/mol. The maximum atomic E-state index is 10.8. The lowest BCUT2D eigenvalue weighted by molar-refractivity contribution is -0.143. The molecule has 14 heavy (non-hydrogen) atoms. The zero-order chi connectivity index (χ0) is 11.3. The monoisotopic (exact) mass is 202 g/mol. The number of carbonyl (C=O) groups is 1. The van der Waals surface area contributed by atoms with Crippen molar-refractivity contribution in [3.63, 3.8) is 0 Å². The van der Waals surface area contributed by atoms with Gasteiger partial charge < -0.3 is 10.8 Å². The van der Waals surface area contributed by atoms with Crippen LogP contribution in [-0.2, 0) is 4.79 Å². The van der Waals surface area contributed by atoms with E-state index < -0.39 is 12.0 Å². The molecular weight excluding hydrogens is 180 g/mol. The van der Waals surface area contributed by atoms with Crippen molar-refractivity contribution in [3.05, 3.63) is 0 Å². The highest BCUT2D eigenvalue weighted by atomic mass is 16.4. The lowest BCUT2D eigenvalue weighted by atomic mass is 10.0. The number of carboxylic acids is 1. The van der Waals surface area contributed by atoms with E-state index >= 15 is 0 Å². The van der Waals surface area contributed by atoms with Gasteiger partial charge in [0.05, 0.1) is 0 Å². The van der Waals surface area contributed by atoms with Gasteiger partial charge in [-0.1, -0.05) is 13.8 Å². The first-order valence-electron chi connectivity index (χ1n) is 5.05. The molecule has 0 aromatic rings. The van der Waals surface area contributed by atoms with Crippen molar-refractivity contribution in [2.75, 3.05) is 13.6 Å². The maximum absolute atomic E-state index is 10.8. The summed E-state index contributed by atoms with van der Waals surface area (Å²) in [6, 6.07) is -0.316. The van der Waals surface area contributed by atoms with Gasteiger partial charge in [-0.25, -0.2) is 0 Å². The molecule has 0 radical (unpaired) electrons. The van der Waals surface area contributed by atoms with E-state index in [-0.39, 0.29) is 12.6 Å². The summed E-state index contributed by atoms with van der Waals surface area (Å²) in [6.07, 6.45) is 0.986. The Balaban J connectivity index is 4.26. The maximum Gasteiger partial charge on any atom is 0.322 e. The van der Waals surface area contributed by atoms with Gasteiger partial charge in [0.1, 0.15) is 6.04 Å². The third-order valence-electron chi connectivity index (χ3n) is 2.51. The van der Waals surface area contributed by atoms with Gasteiger partial charge in [-0.05, 0) is 26.3 Å². The molecule has 3 N–H and O–H groups in total. The van der Waals surface area contributed by atoms with Crippen LogP contribution in [0.15, 0.2) is 0 Å². The number of rotatable bonds is 6. The highest BCUT2D eigenvalue weighted by molar-refractivity contribution is 5.73. The Hall–Kier alpha value is -0.610. The molecule has 0 rings (SSSR count). The van der Waals surface area contributed by atoms with Crippen LogP contribution in [-0.4, -0.2) is 41.7 Å². The topological polar surface area (TPSA) is 66.6 Å². The van der Waals surface area contributed by atoms with E-state index in [2.05, 4.69) is 13.8 Å². The fourth-order valence-corrected chi connectivity index (χ4v) is 1.60. The molecule has 0 aromatic carbocycles. The summed E-state index contributed by atoms with van der Waals surface area (Å²) in [4.78, 5) is 12.7. The van der Waals surface area contributed by atoms with Crippen LogP contribution >= 0.6 is 0 Å². The summed E-state index contributed by atoms with van der Waals surface area (Å²) < 4.78 is 0. The van der Waals surface area contributed by atoms with E-state index in [4.69, 9.17) is 10.8 Å². The van der Waals surface area contributed by atoms with Gasteiger partial charge in [-0.2, -0.15) is 0 Å². The number of hydrogen-bond donors (Lipinski definition) is 2. The normalized spacial score (nSPS) is 15.9. The second-order valence-electron chi connectivity index (χ2n) is 4.23. The Labute approximate surface area is 86.1 Å². The Kier molecular flexibility index (Phi) is 5.72. The smallest absolute Gasteiger partial charge is 0.322 e. The largest absolute Gasteiger partial charge is 0.480 e. The van der Waals surface area contributed by atoms with Gasteiger partial charge in [0.2, 0.25) is 0 Å². The molecule has 84 valence electrons. The van der Waals surface area contributed by atoms with Crippen LogP contribution in [0.25, 0.3) is 0 Å². The Bertz CT molecular complexity index is 183. The molecule has 0 fully saturated rings. The highest BCUT2D eigenvalue weighted by Crippen LogP contribution is 2.11. The predicted octanol–water partition coefficient (Wildman–Crippen LogP) is 0.765. The van der Waals surface area contributed by atoms with E-state index in [1.807, 2.05) is 18.9 Å². The minimum absolute atomic E-state index is 0.161. The fourth-order valence-electron chi connectivity index (χ4n) is 1.60. The summed E-state index contributed by atoms with van der Waals surface area (Å²) >= 11 is 0. The summed E-state index contributed by atoms with van der Waals surface area (Å²) in [5.74, 6) is -0.273. The molecule has 0 bridgehead atoms. The Morgan fingerprint density at radius 1 is 1.43 bits per heavy atom. The van der Waals surface area contributed by atoms with Crippen LogP contribution in [0.5, 0.6) is 0 Å². The number of hydrogen-bond acceptors (Lipinski definition) is 3. The lowest BCUT2D eigenvalue weighted by Gasteiger charge is -2.30. The van der Waals surface area contributed by atoms with Crippen LogP contribution in [0.2, 0.25) is 0 Å². The molecule has 0 amide bonds. The first-order valence-corrected chi connectivity index (χ1v) is 5.05. The van der Waals surface area contributed by atoms with Crippen LogP contribution in [0.3, 0.4) is 0 Å². The number of nitrogens with two attached hydrogens (primary N) is 1. The molecule has 0 aromatic heterocycles. The average Bonchev–Trinajstić information content (AvgIpc) is 2.03. The number of likely N-dealkylation sites (N-methyl/N-ethyl adjacent to an activating group) is 1. The lowest BCUT2D eigenvalue weighted by Crippen LogP contribution is -2.48. The molecular formula is C10H22N2O2. The van der Waals surface area contributed by atoms with Gasteiger partial charge in [0.25, 0.3) is 0 Å². The summed E-state index contributed by atoms with van der Waals surface area (Å²) in [7, 11) is 1.82. The van der Waals surface area contributed by atoms with Crippen LogP contribution < -0.4 is 5.73 Å².